The molecule has 0 saturated carbocycles. The summed E-state index contributed by atoms with van der Waals surface area (Å²) in [5.41, 5.74) is 1.66. The van der Waals surface area contributed by atoms with E-state index in [1.807, 2.05) is 20.8 Å². The summed E-state index contributed by atoms with van der Waals surface area (Å²) in [5.74, 6) is -0.701. The lowest BCUT2D eigenvalue weighted by molar-refractivity contribution is -0.140. The number of sulfonamides is 1. The van der Waals surface area contributed by atoms with Gasteiger partial charge in [0, 0.05) is 23.1 Å². The fourth-order valence-corrected chi connectivity index (χ4v) is 6.14. The Kier molecular flexibility index (Phi) is 11.5. The molecule has 0 aliphatic heterocycles. The van der Waals surface area contributed by atoms with Crippen LogP contribution >= 0.6 is 34.8 Å². The van der Waals surface area contributed by atoms with E-state index in [9.17, 15) is 18.0 Å². The van der Waals surface area contributed by atoms with Crippen molar-refractivity contribution in [1.82, 2.24) is 10.2 Å². The minimum absolute atomic E-state index is 0.0158. The van der Waals surface area contributed by atoms with Crippen molar-refractivity contribution in [3.8, 4) is 0 Å². The van der Waals surface area contributed by atoms with Crippen molar-refractivity contribution in [3.63, 3.8) is 0 Å². The van der Waals surface area contributed by atoms with Crippen LogP contribution in [0.5, 0.6) is 0 Å². The predicted molar refractivity (Wildman–Crippen MR) is 166 cm³/mol. The molecule has 220 valence electrons. The van der Waals surface area contributed by atoms with Gasteiger partial charge in [-0.1, -0.05) is 85.4 Å². The molecular formula is C30H34Cl3N3O4S. The van der Waals surface area contributed by atoms with Gasteiger partial charge in [0.1, 0.15) is 12.6 Å². The second-order valence-corrected chi connectivity index (χ2v) is 13.3. The van der Waals surface area contributed by atoms with E-state index in [0.717, 1.165) is 15.4 Å². The summed E-state index contributed by atoms with van der Waals surface area (Å²) in [7, 11) is -4.27. The average Bonchev–Trinajstić information content (AvgIpc) is 2.93. The maximum Gasteiger partial charge on any atom is 0.264 e. The molecule has 41 heavy (non-hydrogen) atoms. The molecule has 0 aliphatic rings. The van der Waals surface area contributed by atoms with E-state index in [-0.39, 0.29) is 39.0 Å². The molecule has 0 bridgehead atoms. The number of carbonyl (C=O) groups is 2. The van der Waals surface area contributed by atoms with Gasteiger partial charge in [0.15, 0.2) is 0 Å². The number of carbonyl (C=O) groups excluding carboxylic acids is 2. The molecule has 0 aliphatic carbocycles. The largest absolute Gasteiger partial charge is 0.354 e. The van der Waals surface area contributed by atoms with Crippen LogP contribution in [0, 0.1) is 12.8 Å². The smallest absolute Gasteiger partial charge is 0.264 e. The number of nitrogens with zero attached hydrogens (tertiary/aromatic N) is 2. The van der Waals surface area contributed by atoms with Crippen molar-refractivity contribution in [2.45, 2.75) is 51.6 Å². The SMILES string of the molecule is CC[C@H](C(=O)NCC(C)C)N(Cc1ccc(Cl)cc1)C(=O)CN(c1cc(Cl)ccc1Cl)S(=O)(=O)c1ccc(C)cc1. The Labute approximate surface area is 257 Å². The van der Waals surface area contributed by atoms with E-state index in [2.05, 4.69) is 5.32 Å². The number of amides is 2. The summed E-state index contributed by atoms with van der Waals surface area (Å²) in [5, 5.41) is 3.78. The summed E-state index contributed by atoms with van der Waals surface area (Å²) in [6.07, 6.45) is 0.311. The summed E-state index contributed by atoms with van der Waals surface area (Å²) >= 11 is 18.8. The molecule has 11 heteroatoms. The molecule has 2 amide bonds. The third-order valence-electron chi connectivity index (χ3n) is 6.40. The van der Waals surface area contributed by atoms with Gasteiger partial charge in [0.25, 0.3) is 10.0 Å². The Balaban J connectivity index is 2.08. The standard InChI is InChI=1S/C30H34Cl3N3O4S/c1-5-27(30(38)34-17-20(2)3)35(18-22-8-10-23(31)11-9-22)29(37)19-36(28-16-24(32)12-15-26(28)33)41(39,40)25-13-6-21(4)7-14-25/h6-16,20,27H,5,17-19H2,1-4H3,(H,34,38)/t27-/m1/s1. The van der Waals surface area contributed by atoms with Crippen LogP contribution in [0.4, 0.5) is 5.69 Å². The first kappa shape index (κ1) is 32.7. The van der Waals surface area contributed by atoms with E-state index in [0.29, 0.717) is 18.0 Å². The summed E-state index contributed by atoms with van der Waals surface area (Å²) in [4.78, 5) is 28.8. The Bertz CT molecular complexity index is 1460. The minimum Gasteiger partial charge on any atom is -0.354 e. The monoisotopic (exact) mass is 637 g/mol. The van der Waals surface area contributed by atoms with Crippen LogP contribution in [-0.2, 0) is 26.2 Å². The molecule has 0 radical (unpaired) electrons. The van der Waals surface area contributed by atoms with Crippen LogP contribution in [0.1, 0.15) is 38.3 Å². The van der Waals surface area contributed by atoms with Crippen LogP contribution in [0.25, 0.3) is 0 Å². The molecule has 7 nitrogen and oxygen atoms in total. The first-order chi connectivity index (χ1) is 19.3. The number of hydrogen-bond donors (Lipinski definition) is 1. The topological polar surface area (TPSA) is 86.8 Å². The Morgan fingerprint density at radius 3 is 2.10 bits per heavy atom. The molecule has 3 aromatic rings. The molecule has 0 aromatic heterocycles. The first-order valence-electron chi connectivity index (χ1n) is 13.2. The van der Waals surface area contributed by atoms with Crippen LogP contribution < -0.4 is 9.62 Å². The number of benzene rings is 3. The fourth-order valence-electron chi connectivity index (χ4n) is 4.16. The predicted octanol–water partition coefficient (Wildman–Crippen LogP) is 6.73. The van der Waals surface area contributed by atoms with Gasteiger partial charge in [-0.2, -0.15) is 0 Å². The second kappa shape index (κ2) is 14.4. The highest BCUT2D eigenvalue weighted by molar-refractivity contribution is 7.92. The normalized spacial score (nSPS) is 12.2. The van der Waals surface area contributed by atoms with Crippen LogP contribution in [0.2, 0.25) is 15.1 Å². The average molecular weight is 639 g/mol. The number of rotatable bonds is 12. The van der Waals surface area contributed by atoms with Gasteiger partial charge < -0.3 is 10.2 Å². The van der Waals surface area contributed by atoms with Crippen LogP contribution in [-0.4, -0.2) is 44.3 Å². The molecule has 0 saturated heterocycles. The van der Waals surface area contributed by atoms with Gasteiger partial charge in [-0.05, 0) is 67.3 Å². The molecule has 0 fully saturated rings. The van der Waals surface area contributed by atoms with Crippen molar-refractivity contribution in [2.75, 3.05) is 17.4 Å². The Morgan fingerprint density at radius 1 is 0.902 bits per heavy atom. The maximum absolute atomic E-state index is 14.1. The minimum atomic E-state index is -4.27. The Hall–Kier alpha value is -2.78. The molecule has 1 N–H and O–H groups in total. The van der Waals surface area contributed by atoms with Crippen molar-refractivity contribution in [2.24, 2.45) is 5.92 Å². The van der Waals surface area contributed by atoms with Gasteiger partial charge in [0.2, 0.25) is 11.8 Å². The lowest BCUT2D eigenvalue weighted by Gasteiger charge is -2.33. The molecule has 1 atom stereocenters. The molecule has 3 rings (SSSR count). The van der Waals surface area contributed by atoms with Gasteiger partial charge in [-0.25, -0.2) is 8.42 Å². The quantitative estimate of drug-likeness (QED) is 0.238. The van der Waals surface area contributed by atoms with Crippen molar-refractivity contribution in [3.05, 3.63) is 92.9 Å². The fraction of sp³-hybridized carbons (Fsp3) is 0.333. The molecular weight excluding hydrogens is 605 g/mol. The molecule has 3 aromatic carbocycles. The number of aryl methyl sites for hydroxylation is 1. The maximum atomic E-state index is 14.1. The number of nitrogens with one attached hydrogen (secondary N) is 1. The van der Waals surface area contributed by atoms with E-state index < -0.39 is 28.5 Å². The summed E-state index contributed by atoms with van der Waals surface area (Å²) in [6.45, 7) is 7.47. The zero-order valence-corrected chi connectivity index (χ0v) is 26.5. The van der Waals surface area contributed by atoms with Gasteiger partial charge in [0.05, 0.1) is 15.6 Å². The molecule has 0 spiro atoms. The number of halogens is 3. The van der Waals surface area contributed by atoms with Crippen LogP contribution in [0.15, 0.2) is 71.6 Å². The Morgan fingerprint density at radius 2 is 1.51 bits per heavy atom. The molecule has 0 heterocycles. The summed E-state index contributed by atoms with van der Waals surface area (Å²) < 4.78 is 28.9. The second-order valence-electron chi connectivity index (χ2n) is 10.1. The van der Waals surface area contributed by atoms with E-state index in [1.165, 1.54) is 35.2 Å². The highest BCUT2D eigenvalue weighted by Gasteiger charge is 2.34. The molecule has 0 unspecified atom stereocenters. The van der Waals surface area contributed by atoms with Crippen molar-refractivity contribution >= 4 is 62.3 Å². The van der Waals surface area contributed by atoms with Crippen molar-refractivity contribution < 1.29 is 18.0 Å². The highest BCUT2D eigenvalue weighted by atomic mass is 35.5. The van der Waals surface area contributed by atoms with E-state index in [1.54, 1.807) is 43.3 Å². The first-order valence-corrected chi connectivity index (χ1v) is 15.8. The van der Waals surface area contributed by atoms with Crippen molar-refractivity contribution in [1.29, 1.82) is 0 Å². The van der Waals surface area contributed by atoms with E-state index >= 15 is 0 Å². The summed E-state index contributed by atoms with van der Waals surface area (Å²) in [6, 6.07) is 16.8. The van der Waals surface area contributed by atoms with Gasteiger partial charge >= 0.3 is 0 Å². The van der Waals surface area contributed by atoms with Gasteiger partial charge in [-0.15, -0.1) is 0 Å². The van der Waals surface area contributed by atoms with Crippen LogP contribution in [0.3, 0.4) is 0 Å². The van der Waals surface area contributed by atoms with Gasteiger partial charge in [-0.3, -0.25) is 13.9 Å². The highest BCUT2D eigenvalue weighted by Crippen LogP contribution is 2.33. The third-order valence-corrected chi connectivity index (χ3v) is 8.98. The van der Waals surface area contributed by atoms with E-state index in [4.69, 9.17) is 34.8 Å². The lowest BCUT2D eigenvalue weighted by Crippen LogP contribution is -2.52. The zero-order chi connectivity index (χ0) is 30.3. The third kappa shape index (κ3) is 8.61. The number of hydrogen-bond acceptors (Lipinski definition) is 4. The number of anilines is 1. The zero-order valence-electron chi connectivity index (χ0n) is 23.4. The lowest BCUT2D eigenvalue weighted by atomic mass is 10.1.